The minimum absolute atomic E-state index is 0.108. The molecule has 1 aliphatic heterocycles. The lowest BCUT2D eigenvalue weighted by molar-refractivity contribution is -0.152. The Morgan fingerprint density at radius 1 is 1.12 bits per heavy atom. The molecule has 2 aromatic heterocycles. The SMILES string of the molecule is NC(=O)c1ccsc1NC(=O)COC(=O)[C@@H]1Cc2ccccc2CN1C(=O)c1ccco1. The van der Waals surface area contributed by atoms with Crippen molar-refractivity contribution in [1.82, 2.24) is 4.90 Å². The number of primary amides is 1. The van der Waals surface area contributed by atoms with E-state index in [1.165, 1.54) is 23.3 Å². The fraction of sp³-hybridized carbons (Fsp3) is 0.182. The van der Waals surface area contributed by atoms with Gasteiger partial charge in [0.2, 0.25) is 0 Å². The molecule has 1 atom stereocenters. The first-order valence-corrected chi connectivity index (χ1v) is 10.6. The van der Waals surface area contributed by atoms with Crippen LogP contribution in [0, 0.1) is 0 Å². The Morgan fingerprint density at radius 2 is 1.91 bits per heavy atom. The number of nitrogens with two attached hydrogens (primary N) is 1. The number of anilines is 1. The number of fused-ring (bicyclic) bond motifs is 1. The largest absolute Gasteiger partial charge is 0.459 e. The summed E-state index contributed by atoms with van der Waals surface area (Å²) in [6.07, 6.45) is 1.63. The normalized spacial score (nSPS) is 15.0. The lowest BCUT2D eigenvalue weighted by Crippen LogP contribution is -2.49. The van der Waals surface area contributed by atoms with E-state index in [0.717, 1.165) is 22.5 Å². The van der Waals surface area contributed by atoms with E-state index in [-0.39, 0.29) is 29.3 Å². The molecule has 0 saturated carbocycles. The maximum atomic E-state index is 12.9. The van der Waals surface area contributed by atoms with E-state index >= 15 is 0 Å². The predicted octanol–water partition coefficient (Wildman–Crippen LogP) is 2.19. The Bertz CT molecular complexity index is 1170. The van der Waals surface area contributed by atoms with Gasteiger partial charge < -0.3 is 25.1 Å². The zero-order valence-electron chi connectivity index (χ0n) is 16.8. The third kappa shape index (κ3) is 4.40. The summed E-state index contributed by atoms with van der Waals surface area (Å²) in [5.74, 6) is -2.34. The molecule has 3 aromatic rings. The van der Waals surface area contributed by atoms with Crippen molar-refractivity contribution in [2.75, 3.05) is 11.9 Å². The van der Waals surface area contributed by atoms with Gasteiger partial charge in [-0.15, -0.1) is 11.3 Å². The number of thiophene rings is 1. The highest BCUT2D eigenvalue weighted by Gasteiger charge is 2.37. The van der Waals surface area contributed by atoms with Gasteiger partial charge in [0.05, 0.1) is 11.8 Å². The molecule has 0 spiro atoms. The second kappa shape index (κ2) is 9.06. The van der Waals surface area contributed by atoms with Crippen molar-refractivity contribution in [3.8, 4) is 0 Å². The second-order valence-electron chi connectivity index (χ2n) is 7.08. The van der Waals surface area contributed by atoms with Crippen LogP contribution >= 0.6 is 11.3 Å². The number of ether oxygens (including phenoxy) is 1. The average molecular weight is 453 g/mol. The number of carbonyl (C=O) groups excluding carboxylic acids is 4. The standard InChI is InChI=1S/C22H19N3O6S/c23-19(27)15-7-9-32-20(15)24-18(26)12-31-22(29)16-10-13-4-1-2-5-14(13)11-25(16)21(28)17-6-3-8-30-17/h1-9,16H,10-12H2,(H2,23,27)(H,24,26)/t16-/m0/s1. The summed E-state index contributed by atoms with van der Waals surface area (Å²) in [4.78, 5) is 50.8. The van der Waals surface area contributed by atoms with E-state index < -0.39 is 36.3 Å². The number of carbonyl (C=O) groups is 4. The van der Waals surface area contributed by atoms with Crippen LogP contribution in [0.15, 0.2) is 58.5 Å². The Labute approximate surface area is 186 Å². The first-order chi connectivity index (χ1) is 15.4. The van der Waals surface area contributed by atoms with Crippen molar-refractivity contribution in [3.05, 3.63) is 76.6 Å². The van der Waals surface area contributed by atoms with E-state index in [0.29, 0.717) is 0 Å². The highest BCUT2D eigenvalue weighted by Crippen LogP contribution is 2.26. The number of benzene rings is 1. The molecule has 0 aliphatic carbocycles. The van der Waals surface area contributed by atoms with Gasteiger partial charge in [-0.1, -0.05) is 24.3 Å². The lowest BCUT2D eigenvalue weighted by Gasteiger charge is -2.34. The van der Waals surface area contributed by atoms with Crippen molar-refractivity contribution in [2.45, 2.75) is 19.0 Å². The Balaban J connectivity index is 1.46. The molecular weight excluding hydrogens is 434 g/mol. The van der Waals surface area contributed by atoms with Gasteiger partial charge in [0, 0.05) is 13.0 Å². The zero-order valence-corrected chi connectivity index (χ0v) is 17.6. The molecule has 1 aliphatic rings. The zero-order chi connectivity index (χ0) is 22.7. The number of furan rings is 1. The van der Waals surface area contributed by atoms with Gasteiger partial charge in [0.25, 0.3) is 17.7 Å². The molecule has 3 amide bonds. The number of hydrogen-bond donors (Lipinski definition) is 2. The molecular formula is C22H19N3O6S. The van der Waals surface area contributed by atoms with Gasteiger partial charge in [-0.3, -0.25) is 14.4 Å². The molecule has 0 bridgehead atoms. The Morgan fingerprint density at radius 3 is 2.62 bits per heavy atom. The van der Waals surface area contributed by atoms with Gasteiger partial charge in [0.15, 0.2) is 12.4 Å². The molecule has 164 valence electrons. The monoisotopic (exact) mass is 453 g/mol. The van der Waals surface area contributed by atoms with Crippen LogP contribution in [0.25, 0.3) is 0 Å². The van der Waals surface area contributed by atoms with Crippen LogP contribution in [0.3, 0.4) is 0 Å². The van der Waals surface area contributed by atoms with Gasteiger partial charge in [0.1, 0.15) is 11.0 Å². The summed E-state index contributed by atoms with van der Waals surface area (Å²) >= 11 is 1.13. The first kappa shape index (κ1) is 21.3. The van der Waals surface area contributed by atoms with Crippen LogP contribution in [-0.2, 0) is 27.3 Å². The summed E-state index contributed by atoms with van der Waals surface area (Å²) < 4.78 is 10.4. The molecule has 0 saturated heterocycles. The lowest BCUT2D eigenvalue weighted by atomic mass is 9.93. The summed E-state index contributed by atoms with van der Waals surface area (Å²) in [5, 5.41) is 4.40. The molecule has 10 heteroatoms. The van der Waals surface area contributed by atoms with E-state index in [2.05, 4.69) is 5.32 Å². The number of nitrogens with zero attached hydrogens (tertiary/aromatic N) is 1. The van der Waals surface area contributed by atoms with Crippen molar-refractivity contribution in [3.63, 3.8) is 0 Å². The molecule has 3 heterocycles. The topological polar surface area (TPSA) is 132 Å². The summed E-state index contributed by atoms with van der Waals surface area (Å²) in [5.41, 5.74) is 7.28. The number of hydrogen-bond acceptors (Lipinski definition) is 7. The van der Waals surface area contributed by atoms with Gasteiger partial charge in [-0.25, -0.2) is 4.79 Å². The van der Waals surface area contributed by atoms with Crippen LogP contribution in [-0.4, -0.2) is 41.2 Å². The molecule has 3 N–H and O–H groups in total. The van der Waals surface area contributed by atoms with Crippen LogP contribution in [0.1, 0.15) is 32.0 Å². The summed E-state index contributed by atoms with van der Waals surface area (Å²) in [7, 11) is 0. The number of rotatable bonds is 6. The Kier molecular flexibility index (Phi) is 6.04. The van der Waals surface area contributed by atoms with E-state index in [1.54, 1.807) is 11.4 Å². The molecule has 9 nitrogen and oxygen atoms in total. The summed E-state index contributed by atoms with van der Waals surface area (Å²) in [6, 6.07) is 11.2. The van der Waals surface area contributed by atoms with Crippen LogP contribution in [0.5, 0.6) is 0 Å². The third-order valence-electron chi connectivity index (χ3n) is 5.04. The van der Waals surface area contributed by atoms with E-state index in [4.69, 9.17) is 14.9 Å². The van der Waals surface area contributed by atoms with Crippen LogP contribution < -0.4 is 11.1 Å². The van der Waals surface area contributed by atoms with Crippen molar-refractivity contribution >= 4 is 40.0 Å². The minimum atomic E-state index is -0.918. The van der Waals surface area contributed by atoms with Crippen LogP contribution in [0.4, 0.5) is 5.00 Å². The predicted molar refractivity (Wildman–Crippen MR) is 115 cm³/mol. The molecule has 4 rings (SSSR count). The maximum absolute atomic E-state index is 12.9. The van der Waals surface area contributed by atoms with Gasteiger partial charge in [-0.05, 0) is 34.7 Å². The molecule has 32 heavy (non-hydrogen) atoms. The van der Waals surface area contributed by atoms with Crippen LogP contribution in [0.2, 0.25) is 0 Å². The first-order valence-electron chi connectivity index (χ1n) is 9.69. The fourth-order valence-electron chi connectivity index (χ4n) is 3.48. The molecule has 1 aromatic carbocycles. The Hall–Kier alpha value is -3.92. The minimum Gasteiger partial charge on any atom is -0.459 e. The number of nitrogens with one attached hydrogen (secondary N) is 1. The highest BCUT2D eigenvalue weighted by molar-refractivity contribution is 7.14. The van der Waals surface area contributed by atoms with Crippen molar-refractivity contribution in [1.29, 1.82) is 0 Å². The smallest absolute Gasteiger partial charge is 0.329 e. The van der Waals surface area contributed by atoms with Crippen molar-refractivity contribution in [2.24, 2.45) is 5.73 Å². The molecule has 0 fully saturated rings. The fourth-order valence-corrected chi connectivity index (χ4v) is 4.29. The van der Waals surface area contributed by atoms with Gasteiger partial charge >= 0.3 is 5.97 Å². The molecule has 0 radical (unpaired) electrons. The number of esters is 1. The molecule has 0 unspecified atom stereocenters. The quantitative estimate of drug-likeness (QED) is 0.550. The van der Waals surface area contributed by atoms with Crippen molar-refractivity contribution < 1.29 is 28.3 Å². The van der Waals surface area contributed by atoms with E-state index in [1.807, 2.05) is 24.3 Å². The maximum Gasteiger partial charge on any atom is 0.329 e. The summed E-state index contributed by atoms with van der Waals surface area (Å²) in [6.45, 7) is -0.366. The van der Waals surface area contributed by atoms with E-state index in [9.17, 15) is 19.2 Å². The van der Waals surface area contributed by atoms with Gasteiger partial charge in [-0.2, -0.15) is 0 Å². The third-order valence-corrected chi connectivity index (χ3v) is 5.87. The average Bonchev–Trinajstić information content (AvgIpc) is 3.48. The number of amides is 3. The highest BCUT2D eigenvalue weighted by atomic mass is 32.1. The second-order valence-corrected chi connectivity index (χ2v) is 8.00.